The molecule has 4 N–H and O–H groups in total. The highest BCUT2D eigenvalue weighted by Crippen LogP contribution is 2.36. The summed E-state index contributed by atoms with van der Waals surface area (Å²) >= 11 is 0. The Morgan fingerprint density at radius 1 is 1.20 bits per heavy atom. The van der Waals surface area contributed by atoms with Crippen LogP contribution in [-0.2, 0) is 28.5 Å². The Bertz CT molecular complexity index is 670. The highest BCUT2D eigenvalue weighted by molar-refractivity contribution is 5.95. The van der Waals surface area contributed by atoms with Gasteiger partial charge < -0.3 is 39.4 Å². The first kappa shape index (κ1) is 24.4. The lowest BCUT2D eigenvalue weighted by Crippen LogP contribution is -2.60. The van der Waals surface area contributed by atoms with Crippen LogP contribution in [0.25, 0.3) is 0 Å². The third kappa shape index (κ3) is 5.45. The zero-order chi connectivity index (χ0) is 22.4. The number of esters is 1. The van der Waals surface area contributed by atoms with Crippen molar-refractivity contribution in [3.63, 3.8) is 0 Å². The van der Waals surface area contributed by atoms with Gasteiger partial charge in [-0.25, -0.2) is 0 Å². The van der Waals surface area contributed by atoms with E-state index in [4.69, 9.17) is 18.9 Å². The summed E-state index contributed by atoms with van der Waals surface area (Å²) in [5, 5.41) is 39.4. The van der Waals surface area contributed by atoms with E-state index in [2.05, 4.69) is 0 Å². The molecule has 0 amide bonds. The summed E-state index contributed by atoms with van der Waals surface area (Å²) in [5.74, 6) is -1.43. The zero-order valence-electron chi connectivity index (χ0n) is 17.3. The SMILES string of the molecule is C/C=C1/[C@H](OC2OC(CO)C(O)C(O)C2O)OC=C(C(C)=O)[C@H]1CC(=O)OCCC. The van der Waals surface area contributed by atoms with Crippen molar-refractivity contribution in [3.8, 4) is 0 Å². The van der Waals surface area contributed by atoms with Gasteiger partial charge in [-0.15, -0.1) is 0 Å². The first-order chi connectivity index (χ1) is 14.2. The Labute approximate surface area is 174 Å². The highest BCUT2D eigenvalue weighted by atomic mass is 16.8. The van der Waals surface area contributed by atoms with E-state index in [0.717, 1.165) is 0 Å². The first-order valence-corrected chi connectivity index (χ1v) is 9.89. The second-order valence-corrected chi connectivity index (χ2v) is 7.20. The standard InChI is InChI=1S/C20H30O10/c1-4-6-27-15(23)7-12-11(5-2)19(28-9-13(12)10(3)22)30-20-18(26)17(25)16(24)14(8-21)29-20/h5,9,12,14,16-21,24-26H,4,6-8H2,1-3H3/b11-5+/t12-,14?,16?,17?,18?,19-,20?/m0/s1. The van der Waals surface area contributed by atoms with E-state index in [1.165, 1.54) is 13.2 Å². The summed E-state index contributed by atoms with van der Waals surface area (Å²) in [5.41, 5.74) is 0.707. The van der Waals surface area contributed by atoms with E-state index in [1.807, 2.05) is 6.92 Å². The van der Waals surface area contributed by atoms with E-state index in [9.17, 15) is 30.0 Å². The number of hydrogen-bond donors (Lipinski definition) is 4. The molecule has 2 heterocycles. The molecule has 0 radical (unpaired) electrons. The van der Waals surface area contributed by atoms with Gasteiger partial charge in [-0.3, -0.25) is 9.59 Å². The van der Waals surface area contributed by atoms with Crippen molar-refractivity contribution >= 4 is 11.8 Å². The second-order valence-electron chi connectivity index (χ2n) is 7.20. The van der Waals surface area contributed by atoms with Crippen molar-refractivity contribution in [2.75, 3.05) is 13.2 Å². The second kappa shape index (κ2) is 11.0. The molecule has 0 spiro atoms. The van der Waals surface area contributed by atoms with Crippen molar-refractivity contribution in [2.24, 2.45) is 5.92 Å². The van der Waals surface area contributed by atoms with E-state index in [1.54, 1.807) is 13.0 Å². The predicted molar refractivity (Wildman–Crippen MR) is 102 cm³/mol. The molecule has 1 saturated heterocycles. The molecule has 30 heavy (non-hydrogen) atoms. The smallest absolute Gasteiger partial charge is 0.306 e. The summed E-state index contributed by atoms with van der Waals surface area (Å²) in [6, 6.07) is 0. The molecule has 5 unspecified atom stereocenters. The van der Waals surface area contributed by atoms with Gasteiger partial charge in [0.2, 0.25) is 6.29 Å². The molecule has 2 rings (SSSR count). The Balaban J connectivity index is 2.22. The molecular formula is C20H30O10. The highest BCUT2D eigenvalue weighted by Gasteiger charge is 2.46. The minimum absolute atomic E-state index is 0.108. The number of aliphatic hydroxyl groups is 4. The normalized spacial score (nSPS) is 35.5. The van der Waals surface area contributed by atoms with Gasteiger partial charge in [-0.05, 0) is 20.3 Å². The number of carbonyl (C=O) groups excluding carboxylic acids is 2. The van der Waals surface area contributed by atoms with Crippen molar-refractivity contribution < 1.29 is 49.0 Å². The van der Waals surface area contributed by atoms with Gasteiger partial charge in [0, 0.05) is 17.1 Å². The maximum absolute atomic E-state index is 12.2. The largest absolute Gasteiger partial charge is 0.468 e. The zero-order valence-corrected chi connectivity index (χ0v) is 17.3. The van der Waals surface area contributed by atoms with Crippen LogP contribution < -0.4 is 0 Å². The molecule has 0 aromatic carbocycles. The third-order valence-electron chi connectivity index (χ3n) is 5.05. The van der Waals surface area contributed by atoms with Gasteiger partial charge in [0.25, 0.3) is 0 Å². The van der Waals surface area contributed by atoms with Crippen LogP contribution in [0.5, 0.6) is 0 Å². The van der Waals surface area contributed by atoms with Crippen LogP contribution in [0, 0.1) is 5.92 Å². The number of rotatable bonds is 8. The number of aliphatic hydroxyl groups excluding tert-OH is 4. The maximum Gasteiger partial charge on any atom is 0.306 e. The average molecular weight is 430 g/mol. The summed E-state index contributed by atoms with van der Waals surface area (Å²) in [4.78, 5) is 24.2. The molecule has 1 fully saturated rings. The van der Waals surface area contributed by atoms with Crippen LogP contribution >= 0.6 is 0 Å². The van der Waals surface area contributed by atoms with Crippen molar-refractivity contribution in [3.05, 3.63) is 23.5 Å². The summed E-state index contributed by atoms with van der Waals surface area (Å²) < 4.78 is 21.7. The summed E-state index contributed by atoms with van der Waals surface area (Å²) in [6.45, 7) is 4.55. The van der Waals surface area contributed by atoms with E-state index in [-0.39, 0.29) is 24.4 Å². The van der Waals surface area contributed by atoms with Gasteiger partial charge in [-0.1, -0.05) is 13.0 Å². The number of carbonyl (C=O) groups is 2. The van der Waals surface area contributed by atoms with Crippen molar-refractivity contribution in [2.45, 2.75) is 70.6 Å². The lowest BCUT2D eigenvalue weighted by Gasteiger charge is -2.42. The van der Waals surface area contributed by atoms with Gasteiger partial charge in [0.1, 0.15) is 24.4 Å². The van der Waals surface area contributed by atoms with Crippen LogP contribution in [-0.4, -0.2) is 82.4 Å². The Kier molecular flexibility index (Phi) is 8.95. The third-order valence-corrected chi connectivity index (χ3v) is 5.05. The Morgan fingerprint density at radius 3 is 2.47 bits per heavy atom. The monoisotopic (exact) mass is 430 g/mol. The minimum Gasteiger partial charge on any atom is -0.468 e. The number of ether oxygens (including phenoxy) is 4. The van der Waals surface area contributed by atoms with E-state index < -0.39 is 55.5 Å². The molecule has 170 valence electrons. The number of Topliss-reactive ketones (excluding diaryl/α,β-unsaturated/α-hetero) is 1. The van der Waals surface area contributed by atoms with Crippen LogP contribution in [0.3, 0.4) is 0 Å². The molecule has 10 nitrogen and oxygen atoms in total. The lowest BCUT2D eigenvalue weighted by molar-refractivity contribution is -0.327. The fourth-order valence-corrected chi connectivity index (χ4v) is 3.39. The summed E-state index contributed by atoms with van der Waals surface area (Å²) in [7, 11) is 0. The fraction of sp³-hybridized carbons (Fsp3) is 0.700. The quantitative estimate of drug-likeness (QED) is 0.294. The van der Waals surface area contributed by atoms with Crippen molar-refractivity contribution in [1.82, 2.24) is 0 Å². The molecule has 0 aromatic heterocycles. The molecule has 0 aromatic rings. The summed E-state index contributed by atoms with van der Waals surface area (Å²) in [6.07, 6.45) is -5.08. The van der Waals surface area contributed by atoms with E-state index >= 15 is 0 Å². The molecule has 2 aliphatic rings. The predicted octanol–water partition coefficient (Wildman–Crippen LogP) is -0.462. The first-order valence-electron chi connectivity index (χ1n) is 9.89. The fourth-order valence-electron chi connectivity index (χ4n) is 3.39. The Hall–Kier alpha value is -1.82. The lowest BCUT2D eigenvalue weighted by atomic mass is 9.84. The Morgan fingerprint density at radius 2 is 1.90 bits per heavy atom. The molecular weight excluding hydrogens is 400 g/mol. The van der Waals surface area contributed by atoms with Crippen molar-refractivity contribution in [1.29, 1.82) is 0 Å². The number of ketones is 1. The van der Waals surface area contributed by atoms with Crippen LogP contribution in [0.2, 0.25) is 0 Å². The topological polar surface area (TPSA) is 152 Å². The molecule has 0 saturated carbocycles. The molecule has 2 aliphatic heterocycles. The average Bonchev–Trinajstić information content (AvgIpc) is 2.72. The molecule has 10 heteroatoms. The van der Waals surface area contributed by atoms with Gasteiger partial charge in [-0.2, -0.15) is 0 Å². The van der Waals surface area contributed by atoms with Gasteiger partial charge >= 0.3 is 5.97 Å². The van der Waals surface area contributed by atoms with Gasteiger partial charge in [0.05, 0.1) is 25.9 Å². The van der Waals surface area contributed by atoms with Gasteiger partial charge in [0.15, 0.2) is 12.1 Å². The van der Waals surface area contributed by atoms with Crippen LogP contribution in [0.1, 0.15) is 33.6 Å². The molecule has 0 bridgehead atoms. The van der Waals surface area contributed by atoms with Crippen LogP contribution in [0.4, 0.5) is 0 Å². The number of allylic oxidation sites excluding steroid dienone is 2. The van der Waals surface area contributed by atoms with Crippen LogP contribution in [0.15, 0.2) is 23.5 Å². The number of hydrogen-bond acceptors (Lipinski definition) is 10. The maximum atomic E-state index is 12.2. The molecule has 0 aliphatic carbocycles. The van der Waals surface area contributed by atoms with E-state index in [0.29, 0.717) is 12.0 Å². The minimum atomic E-state index is -1.62. The molecule has 7 atom stereocenters.